The van der Waals surface area contributed by atoms with Gasteiger partial charge in [0.15, 0.2) is 0 Å². The number of hydrogen-bond acceptors (Lipinski definition) is 2. The Bertz CT molecular complexity index is 483. The second-order valence-corrected chi connectivity index (χ2v) is 3.60. The van der Waals surface area contributed by atoms with Gasteiger partial charge in [-0.25, -0.2) is 4.39 Å². The van der Waals surface area contributed by atoms with Crippen molar-refractivity contribution in [1.82, 2.24) is 0 Å². The van der Waals surface area contributed by atoms with Crippen LogP contribution in [-0.4, -0.2) is 7.05 Å². The summed E-state index contributed by atoms with van der Waals surface area (Å²) in [7, 11) is 1.90. The first-order chi connectivity index (χ1) is 7.68. The van der Waals surface area contributed by atoms with Crippen molar-refractivity contribution in [3.05, 3.63) is 54.3 Å². The Labute approximate surface area is 94.1 Å². The minimum atomic E-state index is -0.317. The molecule has 2 aromatic carbocycles. The molecule has 0 heterocycles. The fourth-order valence-corrected chi connectivity index (χ4v) is 1.62. The summed E-state index contributed by atoms with van der Waals surface area (Å²) < 4.78 is 12.9. The van der Waals surface area contributed by atoms with Crippen molar-refractivity contribution in [3.63, 3.8) is 0 Å². The third-order valence-corrected chi connectivity index (χ3v) is 2.49. The van der Waals surface area contributed by atoms with Crippen LogP contribution in [-0.2, 0) is 0 Å². The molecular formula is C13H13FN2. The van der Waals surface area contributed by atoms with Gasteiger partial charge < -0.3 is 10.6 Å². The van der Waals surface area contributed by atoms with Crippen LogP contribution in [0.1, 0.15) is 0 Å². The fourth-order valence-electron chi connectivity index (χ4n) is 1.62. The Morgan fingerprint density at radius 3 is 2.38 bits per heavy atom. The average molecular weight is 216 g/mol. The zero-order chi connectivity index (χ0) is 11.5. The standard InChI is InChI=1S/C13H13FN2/c1-16(11-5-3-2-4-6-11)13-8-7-10(14)9-12(13)15/h2-9H,15H2,1H3. The van der Waals surface area contributed by atoms with Crippen molar-refractivity contribution in [2.24, 2.45) is 0 Å². The normalized spacial score (nSPS) is 10.1. The molecule has 2 nitrogen and oxygen atoms in total. The van der Waals surface area contributed by atoms with Gasteiger partial charge in [0.05, 0.1) is 11.4 Å². The summed E-state index contributed by atoms with van der Waals surface area (Å²) in [4.78, 5) is 1.93. The lowest BCUT2D eigenvalue weighted by molar-refractivity contribution is 0.628. The minimum absolute atomic E-state index is 0.317. The van der Waals surface area contributed by atoms with Gasteiger partial charge in [0, 0.05) is 12.7 Å². The Hall–Kier alpha value is -2.03. The van der Waals surface area contributed by atoms with E-state index in [-0.39, 0.29) is 5.82 Å². The zero-order valence-electron chi connectivity index (χ0n) is 9.02. The van der Waals surface area contributed by atoms with E-state index in [2.05, 4.69) is 0 Å². The molecule has 82 valence electrons. The van der Waals surface area contributed by atoms with Crippen molar-refractivity contribution in [3.8, 4) is 0 Å². The molecule has 0 amide bonds. The molecule has 0 spiro atoms. The highest BCUT2D eigenvalue weighted by Crippen LogP contribution is 2.28. The van der Waals surface area contributed by atoms with E-state index in [1.165, 1.54) is 12.1 Å². The number of rotatable bonds is 2. The molecule has 0 saturated carbocycles. The molecule has 0 unspecified atom stereocenters. The predicted octanol–water partition coefficient (Wildman–Crippen LogP) is 3.18. The number of hydrogen-bond donors (Lipinski definition) is 1. The third kappa shape index (κ3) is 1.98. The van der Waals surface area contributed by atoms with E-state index in [0.29, 0.717) is 5.69 Å². The lowest BCUT2D eigenvalue weighted by Gasteiger charge is -2.21. The van der Waals surface area contributed by atoms with E-state index in [1.807, 2.05) is 42.3 Å². The molecule has 0 fully saturated rings. The van der Waals surface area contributed by atoms with Crippen molar-refractivity contribution in [2.75, 3.05) is 17.7 Å². The first-order valence-electron chi connectivity index (χ1n) is 5.02. The first kappa shape index (κ1) is 10.5. The summed E-state index contributed by atoms with van der Waals surface area (Å²) in [6.07, 6.45) is 0. The molecule has 0 radical (unpaired) electrons. The second kappa shape index (κ2) is 4.23. The number of nitrogens with zero attached hydrogens (tertiary/aromatic N) is 1. The average Bonchev–Trinajstić information content (AvgIpc) is 2.29. The zero-order valence-corrected chi connectivity index (χ0v) is 9.02. The number of nitrogens with two attached hydrogens (primary N) is 1. The van der Waals surface area contributed by atoms with Crippen LogP contribution in [0.15, 0.2) is 48.5 Å². The number of halogens is 1. The van der Waals surface area contributed by atoms with Crippen LogP contribution < -0.4 is 10.6 Å². The third-order valence-electron chi connectivity index (χ3n) is 2.49. The number of benzene rings is 2. The molecule has 0 aromatic heterocycles. The van der Waals surface area contributed by atoms with E-state index in [1.54, 1.807) is 6.07 Å². The summed E-state index contributed by atoms with van der Waals surface area (Å²) in [5, 5.41) is 0. The van der Waals surface area contributed by atoms with E-state index < -0.39 is 0 Å². The van der Waals surface area contributed by atoms with Gasteiger partial charge in [0.1, 0.15) is 5.82 Å². The van der Waals surface area contributed by atoms with Gasteiger partial charge >= 0.3 is 0 Å². The van der Waals surface area contributed by atoms with E-state index in [4.69, 9.17) is 5.73 Å². The molecule has 2 N–H and O–H groups in total. The summed E-state index contributed by atoms with van der Waals surface area (Å²) in [5.74, 6) is -0.317. The summed E-state index contributed by atoms with van der Waals surface area (Å²) in [5.41, 5.74) is 8.03. The Morgan fingerprint density at radius 2 is 1.75 bits per heavy atom. The highest BCUT2D eigenvalue weighted by Gasteiger charge is 2.07. The topological polar surface area (TPSA) is 29.3 Å². The quantitative estimate of drug-likeness (QED) is 0.781. The highest BCUT2D eigenvalue weighted by molar-refractivity contribution is 5.74. The summed E-state index contributed by atoms with van der Waals surface area (Å²) in [6, 6.07) is 14.2. The smallest absolute Gasteiger partial charge is 0.125 e. The highest BCUT2D eigenvalue weighted by atomic mass is 19.1. The number of para-hydroxylation sites is 1. The molecule has 0 bridgehead atoms. The fraction of sp³-hybridized carbons (Fsp3) is 0.0769. The van der Waals surface area contributed by atoms with Crippen LogP contribution in [0.5, 0.6) is 0 Å². The monoisotopic (exact) mass is 216 g/mol. The van der Waals surface area contributed by atoms with Gasteiger partial charge in [-0.05, 0) is 30.3 Å². The maximum Gasteiger partial charge on any atom is 0.125 e. The predicted molar refractivity (Wildman–Crippen MR) is 65.3 cm³/mol. The molecule has 2 rings (SSSR count). The van der Waals surface area contributed by atoms with Crippen molar-refractivity contribution >= 4 is 17.1 Å². The molecule has 0 aliphatic heterocycles. The van der Waals surface area contributed by atoms with E-state index in [0.717, 1.165) is 11.4 Å². The first-order valence-corrected chi connectivity index (χ1v) is 5.02. The van der Waals surface area contributed by atoms with Gasteiger partial charge in [-0.2, -0.15) is 0 Å². The lowest BCUT2D eigenvalue weighted by atomic mass is 10.2. The molecule has 0 saturated heterocycles. The molecule has 2 aromatic rings. The minimum Gasteiger partial charge on any atom is -0.397 e. The second-order valence-electron chi connectivity index (χ2n) is 3.60. The Balaban J connectivity index is 2.38. The van der Waals surface area contributed by atoms with Gasteiger partial charge in [-0.15, -0.1) is 0 Å². The maximum absolute atomic E-state index is 12.9. The van der Waals surface area contributed by atoms with Gasteiger partial charge in [-0.1, -0.05) is 18.2 Å². The lowest BCUT2D eigenvalue weighted by Crippen LogP contribution is -2.11. The van der Waals surface area contributed by atoms with Crippen LogP contribution in [0, 0.1) is 5.82 Å². The van der Waals surface area contributed by atoms with Crippen molar-refractivity contribution in [2.45, 2.75) is 0 Å². The maximum atomic E-state index is 12.9. The van der Waals surface area contributed by atoms with Gasteiger partial charge in [0.25, 0.3) is 0 Å². The number of nitrogen functional groups attached to an aromatic ring is 1. The largest absolute Gasteiger partial charge is 0.397 e. The molecule has 16 heavy (non-hydrogen) atoms. The van der Waals surface area contributed by atoms with E-state index in [9.17, 15) is 4.39 Å². The van der Waals surface area contributed by atoms with Crippen LogP contribution in [0.25, 0.3) is 0 Å². The van der Waals surface area contributed by atoms with E-state index >= 15 is 0 Å². The van der Waals surface area contributed by atoms with Crippen LogP contribution in [0.3, 0.4) is 0 Å². The Morgan fingerprint density at radius 1 is 1.06 bits per heavy atom. The molecule has 0 aliphatic carbocycles. The Kier molecular flexibility index (Phi) is 2.77. The molecule has 0 atom stereocenters. The van der Waals surface area contributed by atoms with Crippen LogP contribution in [0.2, 0.25) is 0 Å². The van der Waals surface area contributed by atoms with Gasteiger partial charge in [0.2, 0.25) is 0 Å². The van der Waals surface area contributed by atoms with Gasteiger partial charge in [-0.3, -0.25) is 0 Å². The molecular weight excluding hydrogens is 203 g/mol. The number of anilines is 3. The summed E-state index contributed by atoms with van der Waals surface area (Å²) in [6.45, 7) is 0. The summed E-state index contributed by atoms with van der Waals surface area (Å²) >= 11 is 0. The molecule has 0 aliphatic rings. The van der Waals surface area contributed by atoms with Crippen molar-refractivity contribution < 1.29 is 4.39 Å². The van der Waals surface area contributed by atoms with Crippen LogP contribution in [0.4, 0.5) is 21.5 Å². The van der Waals surface area contributed by atoms with Crippen LogP contribution >= 0.6 is 0 Å². The molecule has 3 heteroatoms. The SMILES string of the molecule is CN(c1ccccc1)c1ccc(F)cc1N. The van der Waals surface area contributed by atoms with Crippen molar-refractivity contribution in [1.29, 1.82) is 0 Å².